The largest absolute Gasteiger partial charge is 0.316 e. The van der Waals surface area contributed by atoms with Crippen LogP contribution in [0.2, 0.25) is 0 Å². The van der Waals surface area contributed by atoms with Crippen molar-refractivity contribution in [1.82, 2.24) is 10.3 Å². The van der Waals surface area contributed by atoms with Gasteiger partial charge in [0, 0.05) is 29.8 Å². The average Bonchev–Trinajstić information content (AvgIpc) is 2.42. The number of nitro groups is 1. The molecule has 1 N–H and O–H groups in total. The lowest BCUT2D eigenvalue weighted by molar-refractivity contribution is -0.384. The predicted molar refractivity (Wildman–Crippen MR) is 74.2 cm³/mol. The van der Waals surface area contributed by atoms with Gasteiger partial charge in [0.2, 0.25) is 0 Å². The van der Waals surface area contributed by atoms with E-state index in [9.17, 15) is 10.1 Å². The molecule has 0 aliphatic heterocycles. The Balaban J connectivity index is 2.19. The zero-order chi connectivity index (χ0) is 13.7. The molecule has 0 saturated carbocycles. The van der Waals surface area contributed by atoms with Crippen molar-refractivity contribution in [3.8, 4) is 0 Å². The van der Waals surface area contributed by atoms with Crippen LogP contribution in [0.1, 0.15) is 5.56 Å². The molecule has 19 heavy (non-hydrogen) atoms. The topological polar surface area (TPSA) is 68.1 Å². The summed E-state index contributed by atoms with van der Waals surface area (Å²) >= 11 is 1.50. The number of non-ortho nitro benzene ring substituents is 1. The lowest BCUT2D eigenvalue weighted by Crippen LogP contribution is -2.06. The SMILES string of the molecule is CNCc1cccnc1Sc1ccc([N+](=O)[O-])cc1. The quantitative estimate of drug-likeness (QED) is 0.671. The Bertz CT molecular complexity index is 572. The Kier molecular flexibility index (Phi) is 4.48. The fourth-order valence-corrected chi connectivity index (χ4v) is 2.47. The molecule has 0 amide bonds. The van der Waals surface area contributed by atoms with Gasteiger partial charge in [-0.2, -0.15) is 0 Å². The first kappa shape index (κ1) is 13.5. The summed E-state index contributed by atoms with van der Waals surface area (Å²) in [5.74, 6) is 0. The molecular weight excluding hydrogens is 262 g/mol. The second-order valence-electron chi connectivity index (χ2n) is 3.85. The fourth-order valence-electron chi connectivity index (χ4n) is 1.59. The van der Waals surface area contributed by atoms with Crippen LogP contribution in [0, 0.1) is 10.1 Å². The van der Waals surface area contributed by atoms with Crippen molar-refractivity contribution >= 4 is 17.4 Å². The Hall–Kier alpha value is -1.92. The van der Waals surface area contributed by atoms with Gasteiger partial charge in [-0.15, -0.1) is 0 Å². The van der Waals surface area contributed by atoms with Crippen LogP contribution in [0.4, 0.5) is 5.69 Å². The molecule has 0 aliphatic rings. The van der Waals surface area contributed by atoms with Crippen molar-refractivity contribution in [1.29, 1.82) is 0 Å². The van der Waals surface area contributed by atoms with E-state index in [1.165, 1.54) is 23.9 Å². The summed E-state index contributed by atoms with van der Waals surface area (Å²) in [7, 11) is 1.88. The third-order valence-electron chi connectivity index (χ3n) is 2.48. The first-order valence-electron chi connectivity index (χ1n) is 5.71. The van der Waals surface area contributed by atoms with E-state index in [0.717, 1.165) is 22.0 Å². The van der Waals surface area contributed by atoms with Crippen LogP contribution >= 0.6 is 11.8 Å². The van der Waals surface area contributed by atoms with Crippen LogP contribution in [0.25, 0.3) is 0 Å². The number of rotatable bonds is 5. The Morgan fingerprint density at radius 3 is 2.68 bits per heavy atom. The van der Waals surface area contributed by atoms with Gasteiger partial charge in [0.05, 0.1) is 4.92 Å². The molecule has 6 heteroatoms. The third-order valence-corrected chi connectivity index (χ3v) is 3.55. The van der Waals surface area contributed by atoms with Crippen molar-refractivity contribution in [2.75, 3.05) is 7.05 Å². The first-order valence-corrected chi connectivity index (χ1v) is 6.53. The molecule has 0 saturated heterocycles. The summed E-state index contributed by atoms with van der Waals surface area (Å²) in [5, 5.41) is 14.6. The number of hydrogen-bond donors (Lipinski definition) is 1. The van der Waals surface area contributed by atoms with E-state index >= 15 is 0 Å². The maximum atomic E-state index is 10.6. The molecule has 5 nitrogen and oxygen atoms in total. The minimum absolute atomic E-state index is 0.0980. The first-order chi connectivity index (χ1) is 9.20. The second kappa shape index (κ2) is 6.31. The maximum Gasteiger partial charge on any atom is 0.269 e. The summed E-state index contributed by atoms with van der Waals surface area (Å²) in [6, 6.07) is 10.4. The van der Waals surface area contributed by atoms with Gasteiger partial charge in [-0.3, -0.25) is 10.1 Å². The zero-order valence-corrected chi connectivity index (χ0v) is 11.2. The molecule has 0 spiro atoms. The van der Waals surface area contributed by atoms with Gasteiger partial charge in [0.25, 0.3) is 5.69 Å². The van der Waals surface area contributed by atoms with E-state index in [2.05, 4.69) is 10.3 Å². The van der Waals surface area contributed by atoms with E-state index in [-0.39, 0.29) is 5.69 Å². The van der Waals surface area contributed by atoms with Crippen molar-refractivity contribution in [3.63, 3.8) is 0 Å². The Morgan fingerprint density at radius 1 is 1.32 bits per heavy atom. The minimum Gasteiger partial charge on any atom is -0.316 e. The lowest BCUT2D eigenvalue weighted by Gasteiger charge is -2.07. The highest BCUT2D eigenvalue weighted by Gasteiger charge is 2.07. The monoisotopic (exact) mass is 275 g/mol. The van der Waals surface area contributed by atoms with E-state index in [1.54, 1.807) is 18.3 Å². The van der Waals surface area contributed by atoms with Gasteiger partial charge < -0.3 is 5.32 Å². The van der Waals surface area contributed by atoms with Crippen molar-refractivity contribution in [3.05, 3.63) is 58.3 Å². The summed E-state index contributed by atoms with van der Waals surface area (Å²) in [5.41, 5.74) is 1.20. The molecule has 0 aliphatic carbocycles. The van der Waals surface area contributed by atoms with Crippen molar-refractivity contribution in [2.24, 2.45) is 0 Å². The molecule has 1 aromatic carbocycles. The number of pyridine rings is 1. The number of nitrogens with one attached hydrogen (secondary N) is 1. The highest BCUT2D eigenvalue weighted by molar-refractivity contribution is 7.99. The van der Waals surface area contributed by atoms with Gasteiger partial charge in [-0.25, -0.2) is 4.98 Å². The molecule has 0 radical (unpaired) electrons. The molecular formula is C13H13N3O2S. The molecule has 2 aromatic rings. The molecule has 1 aromatic heterocycles. The molecule has 98 valence electrons. The van der Waals surface area contributed by atoms with E-state index in [4.69, 9.17) is 0 Å². The number of benzene rings is 1. The average molecular weight is 275 g/mol. The smallest absolute Gasteiger partial charge is 0.269 e. The number of hydrogen-bond acceptors (Lipinski definition) is 5. The Labute approximate surface area is 115 Å². The van der Waals surface area contributed by atoms with Gasteiger partial charge in [-0.05, 0) is 30.8 Å². The van der Waals surface area contributed by atoms with Crippen LogP contribution in [0.3, 0.4) is 0 Å². The summed E-state index contributed by atoms with van der Waals surface area (Å²) in [4.78, 5) is 15.5. The lowest BCUT2D eigenvalue weighted by atomic mass is 10.3. The van der Waals surface area contributed by atoms with E-state index in [0.29, 0.717) is 0 Å². The minimum atomic E-state index is -0.401. The zero-order valence-electron chi connectivity index (χ0n) is 10.4. The fraction of sp³-hybridized carbons (Fsp3) is 0.154. The highest BCUT2D eigenvalue weighted by Crippen LogP contribution is 2.29. The second-order valence-corrected chi connectivity index (χ2v) is 4.91. The number of nitro benzene ring substituents is 1. The van der Waals surface area contributed by atoms with Gasteiger partial charge >= 0.3 is 0 Å². The van der Waals surface area contributed by atoms with Gasteiger partial charge in [0.15, 0.2) is 0 Å². The summed E-state index contributed by atoms with van der Waals surface area (Å²) < 4.78 is 0. The van der Waals surface area contributed by atoms with Crippen LogP contribution in [0.15, 0.2) is 52.5 Å². The van der Waals surface area contributed by atoms with Crippen LogP contribution < -0.4 is 5.32 Å². The number of nitrogens with zero attached hydrogens (tertiary/aromatic N) is 2. The van der Waals surface area contributed by atoms with Crippen LogP contribution in [0.5, 0.6) is 0 Å². The molecule has 2 rings (SSSR count). The molecule has 0 unspecified atom stereocenters. The molecule has 0 fully saturated rings. The standard InChI is InChI=1S/C13H13N3O2S/c1-14-9-10-3-2-8-15-13(10)19-12-6-4-11(5-7-12)16(17)18/h2-8,14H,9H2,1H3. The van der Waals surface area contributed by atoms with E-state index < -0.39 is 4.92 Å². The summed E-state index contributed by atoms with van der Waals surface area (Å²) in [6.45, 7) is 0.739. The van der Waals surface area contributed by atoms with Gasteiger partial charge in [0.1, 0.15) is 5.03 Å². The maximum absolute atomic E-state index is 10.6. The third kappa shape index (κ3) is 3.52. The van der Waals surface area contributed by atoms with E-state index in [1.807, 2.05) is 19.2 Å². The summed E-state index contributed by atoms with van der Waals surface area (Å²) in [6.07, 6.45) is 1.74. The number of aromatic nitrogens is 1. The molecule has 0 bridgehead atoms. The van der Waals surface area contributed by atoms with Crippen LogP contribution in [-0.2, 0) is 6.54 Å². The van der Waals surface area contributed by atoms with Crippen LogP contribution in [-0.4, -0.2) is 17.0 Å². The molecule has 0 atom stereocenters. The van der Waals surface area contributed by atoms with Crippen molar-refractivity contribution < 1.29 is 4.92 Å². The Morgan fingerprint density at radius 2 is 2.05 bits per heavy atom. The highest BCUT2D eigenvalue weighted by atomic mass is 32.2. The van der Waals surface area contributed by atoms with Crippen molar-refractivity contribution in [2.45, 2.75) is 16.5 Å². The van der Waals surface area contributed by atoms with Gasteiger partial charge in [-0.1, -0.05) is 17.8 Å². The normalized spacial score (nSPS) is 10.4. The predicted octanol–water partition coefficient (Wildman–Crippen LogP) is 2.86. The molecule has 1 heterocycles.